The summed E-state index contributed by atoms with van der Waals surface area (Å²) in [6.45, 7) is 2.40. The third kappa shape index (κ3) is 4.49. The van der Waals surface area contributed by atoms with Gasteiger partial charge < -0.3 is 15.0 Å². The number of amides is 1. The fourth-order valence-corrected chi connectivity index (χ4v) is 3.48. The molecule has 3 aromatic rings. The molecule has 5 nitrogen and oxygen atoms in total. The third-order valence-corrected chi connectivity index (χ3v) is 4.90. The minimum atomic E-state index is -0.423. The average molecular weight is 373 g/mol. The maximum atomic E-state index is 12.1. The van der Waals surface area contributed by atoms with Gasteiger partial charge >= 0.3 is 6.09 Å². The number of rotatable bonds is 6. The number of pyridine rings is 1. The number of hydrogen-bond acceptors (Lipinski definition) is 4. The van der Waals surface area contributed by atoms with Gasteiger partial charge in [-0.3, -0.25) is 4.98 Å². The average Bonchev–Trinajstić information content (AvgIpc) is 3.11. The number of nitrogens with zero attached hydrogens (tertiary/aromatic N) is 2. The number of benzene rings is 2. The molecule has 1 N–H and O–H groups in total. The Hall–Kier alpha value is -3.34. The molecule has 4 rings (SSSR count). The second-order valence-electron chi connectivity index (χ2n) is 6.87. The van der Waals surface area contributed by atoms with E-state index in [0.29, 0.717) is 12.3 Å². The third-order valence-electron chi connectivity index (χ3n) is 4.90. The quantitative estimate of drug-likeness (QED) is 0.710. The van der Waals surface area contributed by atoms with Crippen LogP contribution in [0.15, 0.2) is 73.1 Å². The van der Waals surface area contributed by atoms with E-state index in [4.69, 9.17) is 4.74 Å². The van der Waals surface area contributed by atoms with Crippen LogP contribution in [0.5, 0.6) is 5.75 Å². The topological polar surface area (TPSA) is 54.5 Å². The van der Waals surface area contributed by atoms with Crippen LogP contribution in [-0.2, 0) is 19.4 Å². The molecular formula is C23H23N3O2. The zero-order chi connectivity index (χ0) is 19.2. The van der Waals surface area contributed by atoms with Crippen molar-refractivity contribution in [2.75, 3.05) is 18.0 Å². The highest BCUT2D eigenvalue weighted by molar-refractivity contribution is 5.71. The molecular weight excluding hydrogens is 350 g/mol. The van der Waals surface area contributed by atoms with Gasteiger partial charge in [-0.1, -0.05) is 30.3 Å². The molecule has 1 aromatic heterocycles. The lowest BCUT2D eigenvalue weighted by Gasteiger charge is -2.19. The molecule has 0 aliphatic carbocycles. The lowest BCUT2D eigenvalue weighted by Crippen LogP contribution is -2.28. The van der Waals surface area contributed by atoms with E-state index in [-0.39, 0.29) is 0 Å². The minimum absolute atomic E-state index is 0.423. The predicted molar refractivity (Wildman–Crippen MR) is 110 cm³/mol. The van der Waals surface area contributed by atoms with Crippen molar-refractivity contribution in [3.05, 3.63) is 89.7 Å². The summed E-state index contributed by atoms with van der Waals surface area (Å²) < 4.78 is 5.45. The van der Waals surface area contributed by atoms with E-state index in [1.807, 2.05) is 36.4 Å². The van der Waals surface area contributed by atoms with Crippen LogP contribution in [0.4, 0.5) is 10.5 Å². The first kappa shape index (κ1) is 18.0. The smallest absolute Gasteiger partial charge is 0.410 e. The van der Waals surface area contributed by atoms with Crippen LogP contribution in [0.1, 0.15) is 16.7 Å². The van der Waals surface area contributed by atoms with Gasteiger partial charge in [-0.25, -0.2) is 4.79 Å². The standard InChI is InChI=1S/C23H23N3O2/c27-23(25-14-10-18-8-12-24-13-9-18)28-21-6-7-22-20(16-21)11-15-26(22)17-19-4-2-1-3-5-19/h1-9,12-13,16H,10-11,14-15,17H2,(H,25,27). The molecule has 1 amide bonds. The summed E-state index contributed by atoms with van der Waals surface area (Å²) in [6, 6.07) is 20.2. The highest BCUT2D eigenvalue weighted by atomic mass is 16.6. The van der Waals surface area contributed by atoms with Gasteiger partial charge in [-0.15, -0.1) is 0 Å². The van der Waals surface area contributed by atoms with Gasteiger partial charge in [-0.2, -0.15) is 0 Å². The largest absolute Gasteiger partial charge is 0.412 e. The van der Waals surface area contributed by atoms with Crippen LogP contribution in [0.3, 0.4) is 0 Å². The number of carbonyl (C=O) groups is 1. The van der Waals surface area contributed by atoms with Gasteiger partial charge in [0.25, 0.3) is 0 Å². The molecule has 2 heterocycles. The van der Waals surface area contributed by atoms with Crippen molar-refractivity contribution in [3.8, 4) is 5.75 Å². The van der Waals surface area contributed by atoms with Gasteiger partial charge in [0.05, 0.1) is 0 Å². The van der Waals surface area contributed by atoms with Crippen molar-refractivity contribution in [1.82, 2.24) is 10.3 Å². The number of hydrogen-bond donors (Lipinski definition) is 1. The van der Waals surface area contributed by atoms with Gasteiger partial charge in [0, 0.05) is 37.7 Å². The highest BCUT2D eigenvalue weighted by Gasteiger charge is 2.20. The van der Waals surface area contributed by atoms with Gasteiger partial charge in [0.15, 0.2) is 0 Å². The Balaban J connectivity index is 1.31. The van der Waals surface area contributed by atoms with Crippen LogP contribution in [0.25, 0.3) is 0 Å². The molecule has 1 aliphatic heterocycles. The van der Waals surface area contributed by atoms with Crippen molar-refractivity contribution in [1.29, 1.82) is 0 Å². The maximum absolute atomic E-state index is 12.1. The first-order chi connectivity index (χ1) is 13.8. The number of fused-ring (bicyclic) bond motifs is 1. The molecule has 5 heteroatoms. The summed E-state index contributed by atoms with van der Waals surface area (Å²) in [7, 11) is 0. The van der Waals surface area contributed by atoms with Crippen molar-refractivity contribution < 1.29 is 9.53 Å². The lowest BCUT2D eigenvalue weighted by atomic mass is 10.1. The Morgan fingerprint density at radius 3 is 2.68 bits per heavy atom. The molecule has 0 atom stereocenters. The lowest BCUT2D eigenvalue weighted by molar-refractivity contribution is 0.200. The molecule has 2 aromatic carbocycles. The van der Waals surface area contributed by atoms with E-state index in [1.165, 1.54) is 16.8 Å². The second-order valence-corrected chi connectivity index (χ2v) is 6.87. The summed E-state index contributed by atoms with van der Waals surface area (Å²) in [5.74, 6) is 0.585. The van der Waals surface area contributed by atoms with Crippen molar-refractivity contribution >= 4 is 11.8 Å². The number of nitrogens with one attached hydrogen (secondary N) is 1. The summed E-state index contributed by atoms with van der Waals surface area (Å²) in [5, 5.41) is 2.80. The predicted octanol–water partition coefficient (Wildman–Crippen LogP) is 3.98. The minimum Gasteiger partial charge on any atom is -0.410 e. The Morgan fingerprint density at radius 1 is 1.04 bits per heavy atom. The van der Waals surface area contributed by atoms with Gasteiger partial charge in [0.1, 0.15) is 5.75 Å². The van der Waals surface area contributed by atoms with Gasteiger partial charge in [0.2, 0.25) is 0 Å². The molecule has 0 bridgehead atoms. The van der Waals surface area contributed by atoms with Crippen molar-refractivity contribution in [3.63, 3.8) is 0 Å². The summed E-state index contributed by atoms with van der Waals surface area (Å²) in [4.78, 5) is 18.4. The number of aromatic nitrogens is 1. The normalized spacial score (nSPS) is 12.5. The zero-order valence-electron chi connectivity index (χ0n) is 15.7. The Labute approximate surface area is 165 Å². The monoisotopic (exact) mass is 373 g/mol. The molecule has 0 unspecified atom stereocenters. The Morgan fingerprint density at radius 2 is 1.86 bits per heavy atom. The van der Waals surface area contributed by atoms with Crippen LogP contribution in [0.2, 0.25) is 0 Å². The second kappa shape index (κ2) is 8.57. The molecule has 0 saturated carbocycles. The number of ether oxygens (including phenoxy) is 1. The first-order valence-corrected chi connectivity index (χ1v) is 9.54. The number of carbonyl (C=O) groups excluding carboxylic acids is 1. The van der Waals surface area contributed by atoms with E-state index in [2.05, 4.69) is 39.5 Å². The highest BCUT2D eigenvalue weighted by Crippen LogP contribution is 2.32. The zero-order valence-corrected chi connectivity index (χ0v) is 15.7. The molecule has 0 fully saturated rings. The first-order valence-electron chi connectivity index (χ1n) is 9.54. The van der Waals surface area contributed by atoms with E-state index in [1.54, 1.807) is 12.4 Å². The summed E-state index contributed by atoms with van der Waals surface area (Å²) in [5.41, 5.74) is 4.86. The Kier molecular flexibility index (Phi) is 5.52. The van der Waals surface area contributed by atoms with Crippen LogP contribution < -0.4 is 15.0 Å². The van der Waals surface area contributed by atoms with Gasteiger partial charge in [-0.05, 0) is 59.9 Å². The number of anilines is 1. The molecule has 142 valence electrons. The molecule has 0 saturated heterocycles. The molecule has 1 aliphatic rings. The van der Waals surface area contributed by atoms with Crippen molar-refractivity contribution in [2.45, 2.75) is 19.4 Å². The fraction of sp³-hybridized carbons (Fsp3) is 0.217. The molecule has 0 spiro atoms. The maximum Gasteiger partial charge on any atom is 0.412 e. The van der Waals surface area contributed by atoms with Crippen LogP contribution >= 0.6 is 0 Å². The van der Waals surface area contributed by atoms with Crippen LogP contribution in [-0.4, -0.2) is 24.2 Å². The molecule has 28 heavy (non-hydrogen) atoms. The van der Waals surface area contributed by atoms with E-state index >= 15 is 0 Å². The molecule has 0 radical (unpaired) electrons. The van der Waals surface area contributed by atoms with Crippen LogP contribution in [0, 0.1) is 0 Å². The van der Waals surface area contributed by atoms with Crippen molar-refractivity contribution in [2.24, 2.45) is 0 Å². The fourth-order valence-electron chi connectivity index (χ4n) is 3.48. The SMILES string of the molecule is O=C(NCCc1ccncc1)Oc1ccc2c(c1)CCN2Cc1ccccc1. The van der Waals surface area contributed by atoms with E-state index in [0.717, 1.165) is 31.5 Å². The summed E-state index contributed by atoms with van der Waals surface area (Å²) in [6.07, 6.45) is 4.78. The summed E-state index contributed by atoms with van der Waals surface area (Å²) >= 11 is 0. The van der Waals surface area contributed by atoms with E-state index < -0.39 is 6.09 Å². The van der Waals surface area contributed by atoms with E-state index in [9.17, 15) is 4.79 Å². The Bertz CT molecular complexity index is 929.